The Hall–Kier alpha value is -0.800. The zero-order chi connectivity index (χ0) is 13.3. The summed E-state index contributed by atoms with van der Waals surface area (Å²) in [6.45, 7) is 7.05. The first-order valence-electron chi connectivity index (χ1n) is 6.34. The summed E-state index contributed by atoms with van der Waals surface area (Å²) in [6.07, 6.45) is 1.84. The standard InChI is InChI=1S/C14H19ClFNO/c1-4-5-17-12-8-14(2,3)18-13-10(12)6-9(16)7-11(13)15/h6-7,12,17H,4-5,8H2,1-3H3. The van der Waals surface area contributed by atoms with Gasteiger partial charge in [0.15, 0.2) is 0 Å². The first kappa shape index (κ1) is 13.6. The summed E-state index contributed by atoms with van der Waals surface area (Å²) in [5.74, 6) is 0.299. The molecule has 0 spiro atoms. The summed E-state index contributed by atoms with van der Waals surface area (Å²) in [4.78, 5) is 0. The molecule has 1 aromatic carbocycles. The van der Waals surface area contributed by atoms with Crippen LogP contribution in [0.3, 0.4) is 0 Å². The normalized spacial score (nSPS) is 21.3. The largest absolute Gasteiger partial charge is 0.486 e. The number of nitrogens with one attached hydrogen (secondary N) is 1. The van der Waals surface area contributed by atoms with Gasteiger partial charge in [0.05, 0.1) is 5.02 Å². The number of hydrogen-bond donors (Lipinski definition) is 1. The molecule has 1 atom stereocenters. The Bertz CT molecular complexity index is 448. The van der Waals surface area contributed by atoms with Crippen molar-refractivity contribution >= 4 is 11.6 Å². The average molecular weight is 272 g/mol. The Kier molecular flexibility index (Phi) is 3.83. The highest BCUT2D eigenvalue weighted by Gasteiger charge is 2.35. The monoisotopic (exact) mass is 271 g/mol. The van der Waals surface area contributed by atoms with Crippen LogP contribution in [-0.2, 0) is 0 Å². The molecule has 2 rings (SSSR count). The topological polar surface area (TPSA) is 21.3 Å². The number of rotatable bonds is 3. The van der Waals surface area contributed by atoms with Crippen LogP contribution in [0.25, 0.3) is 0 Å². The van der Waals surface area contributed by atoms with E-state index in [2.05, 4.69) is 12.2 Å². The molecule has 1 aromatic rings. The number of fused-ring (bicyclic) bond motifs is 1. The van der Waals surface area contributed by atoms with Crippen molar-refractivity contribution < 1.29 is 9.13 Å². The summed E-state index contributed by atoms with van der Waals surface area (Å²) in [6, 6.07) is 2.92. The number of hydrogen-bond acceptors (Lipinski definition) is 2. The van der Waals surface area contributed by atoms with Gasteiger partial charge in [-0.2, -0.15) is 0 Å². The minimum absolute atomic E-state index is 0.0944. The lowest BCUT2D eigenvalue weighted by Crippen LogP contribution is -2.39. The van der Waals surface area contributed by atoms with Crippen LogP contribution in [-0.4, -0.2) is 12.1 Å². The second-order valence-electron chi connectivity index (χ2n) is 5.38. The van der Waals surface area contributed by atoms with E-state index in [0.717, 1.165) is 24.9 Å². The molecule has 0 amide bonds. The molecular weight excluding hydrogens is 253 g/mol. The highest BCUT2D eigenvalue weighted by molar-refractivity contribution is 6.32. The highest BCUT2D eigenvalue weighted by Crippen LogP contribution is 2.43. The van der Waals surface area contributed by atoms with Crippen molar-refractivity contribution in [1.82, 2.24) is 5.32 Å². The molecule has 100 valence electrons. The van der Waals surface area contributed by atoms with Gasteiger partial charge in [-0.05, 0) is 38.9 Å². The van der Waals surface area contributed by atoms with Crippen molar-refractivity contribution in [3.8, 4) is 5.75 Å². The molecule has 4 heteroatoms. The average Bonchev–Trinajstić information content (AvgIpc) is 2.27. The lowest BCUT2D eigenvalue weighted by Gasteiger charge is -2.38. The maximum atomic E-state index is 13.5. The van der Waals surface area contributed by atoms with E-state index in [9.17, 15) is 4.39 Å². The third-order valence-corrected chi connectivity index (χ3v) is 3.41. The highest BCUT2D eigenvalue weighted by atomic mass is 35.5. The van der Waals surface area contributed by atoms with Gasteiger partial charge in [-0.15, -0.1) is 0 Å². The maximum Gasteiger partial charge on any atom is 0.143 e. The molecule has 1 heterocycles. The molecule has 1 aliphatic heterocycles. The summed E-state index contributed by atoms with van der Waals surface area (Å²) in [5, 5.41) is 3.78. The van der Waals surface area contributed by atoms with Crippen molar-refractivity contribution in [3.63, 3.8) is 0 Å². The summed E-state index contributed by atoms with van der Waals surface area (Å²) >= 11 is 6.08. The molecule has 0 saturated carbocycles. The van der Waals surface area contributed by atoms with Crippen LogP contribution < -0.4 is 10.1 Å². The van der Waals surface area contributed by atoms with Gasteiger partial charge in [-0.1, -0.05) is 18.5 Å². The third-order valence-electron chi connectivity index (χ3n) is 3.13. The smallest absolute Gasteiger partial charge is 0.143 e. The van der Waals surface area contributed by atoms with Crippen LogP contribution in [0.1, 0.15) is 45.2 Å². The van der Waals surface area contributed by atoms with E-state index in [1.165, 1.54) is 12.1 Å². The Labute approximate surface area is 112 Å². The fourth-order valence-electron chi connectivity index (χ4n) is 2.37. The van der Waals surface area contributed by atoms with Crippen LogP contribution in [0, 0.1) is 5.82 Å². The second-order valence-corrected chi connectivity index (χ2v) is 5.79. The first-order chi connectivity index (χ1) is 8.43. The minimum atomic E-state index is -0.314. The van der Waals surface area contributed by atoms with Gasteiger partial charge in [-0.3, -0.25) is 0 Å². The zero-order valence-electron chi connectivity index (χ0n) is 11.0. The van der Waals surface area contributed by atoms with Crippen LogP contribution in [0.5, 0.6) is 5.75 Å². The predicted molar refractivity (Wildman–Crippen MR) is 71.8 cm³/mol. The minimum Gasteiger partial charge on any atom is -0.486 e. The quantitative estimate of drug-likeness (QED) is 0.894. The Morgan fingerprint density at radius 1 is 1.50 bits per heavy atom. The van der Waals surface area contributed by atoms with E-state index in [-0.39, 0.29) is 17.5 Å². The molecule has 0 aromatic heterocycles. The van der Waals surface area contributed by atoms with E-state index >= 15 is 0 Å². The van der Waals surface area contributed by atoms with E-state index in [4.69, 9.17) is 16.3 Å². The van der Waals surface area contributed by atoms with Crippen molar-refractivity contribution in [3.05, 3.63) is 28.5 Å². The fraction of sp³-hybridized carbons (Fsp3) is 0.571. The van der Waals surface area contributed by atoms with Gasteiger partial charge in [0.25, 0.3) is 0 Å². The molecular formula is C14H19ClFNO. The molecule has 0 bridgehead atoms. The molecule has 0 saturated heterocycles. The number of benzene rings is 1. The fourth-order valence-corrected chi connectivity index (χ4v) is 2.62. The number of halogens is 2. The zero-order valence-corrected chi connectivity index (χ0v) is 11.8. The van der Waals surface area contributed by atoms with Crippen LogP contribution in [0.4, 0.5) is 4.39 Å². The van der Waals surface area contributed by atoms with Crippen molar-refractivity contribution in [2.24, 2.45) is 0 Å². The van der Waals surface area contributed by atoms with Gasteiger partial charge in [0, 0.05) is 18.0 Å². The molecule has 1 unspecified atom stereocenters. The van der Waals surface area contributed by atoms with Gasteiger partial charge < -0.3 is 10.1 Å². The molecule has 2 nitrogen and oxygen atoms in total. The van der Waals surface area contributed by atoms with Crippen LogP contribution >= 0.6 is 11.6 Å². The molecule has 18 heavy (non-hydrogen) atoms. The molecule has 1 N–H and O–H groups in total. The van der Waals surface area contributed by atoms with Crippen molar-refractivity contribution in [2.45, 2.75) is 45.3 Å². The summed E-state index contributed by atoms with van der Waals surface area (Å²) < 4.78 is 19.4. The van der Waals surface area contributed by atoms with Gasteiger partial charge in [-0.25, -0.2) is 4.39 Å². The Balaban J connectivity index is 2.40. The Morgan fingerprint density at radius 2 is 2.22 bits per heavy atom. The van der Waals surface area contributed by atoms with Crippen molar-refractivity contribution in [2.75, 3.05) is 6.54 Å². The molecule has 0 aliphatic carbocycles. The van der Waals surface area contributed by atoms with Crippen LogP contribution in [0.15, 0.2) is 12.1 Å². The maximum absolute atomic E-state index is 13.5. The SMILES string of the molecule is CCCNC1CC(C)(C)Oc2c(Cl)cc(F)cc21. The predicted octanol–water partition coefficient (Wildman–Crippen LogP) is 4.08. The van der Waals surface area contributed by atoms with Gasteiger partial charge in [0.1, 0.15) is 17.2 Å². The van der Waals surface area contributed by atoms with E-state index in [1.54, 1.807) is 0 Å². The molecule has 0 radical (unpaired) electrons. The van der Waals surface area contributed by atoms with Gasteiger partial charge in [0.2, 0.25) is 0 Å². The van der Waals surface area contributed by atoms with E-state index < -0.39 is 0 Å². The second kappa shape index (κ2) is 5.06. The third kappa shape index (κ3) is 2.78. The number of ether oxygens (including phenoxy) is 1. The summed E-state index contributed by atoms with van der Waals surface area (Å²) in [5.41, 5.74) is 0.535. The van der Waals surface area contributed by atoms with Crippen molar-refractivity contribution in [1.29, 1.82) is 0 Å². The summed E-state index contributed by atoms with van der Waals surface area (Å²) in [7, 11) is 0. The van der Waals surface area contributed by atoms with Crippen LogP contribution in [0.2, 0.25) is 5.02 Å². The molecule has 1 aliphatic rings. The van der Waals surface area contributed by atoms with E-state index in [1.807, 2.05) is 13.8 Å². The van der Waals surface area contributed by atoms with Gasteiger partial charge >= 0.3 is 0 Å². The Morgan fingerprint density at radius 3 is 2.89 bits per heavy atom. The lowest BCUT2D eigenvalue weighted by molar-refractivity contribution is 0.0660. The van der Waals surface area contributed by atoms with E-state index in [0.29, 0.717) is 10.8 Å². The first-order valence-corrected chi connectivity index (χ1v) is 6.72. The lowest BCUT2D eigenvalue weighted by atomic mass is 9.89. The molecule has 0 fully saturated rings.